The van der Waals surface area contributed by atoms with Gasteiger partial charge in [-0.25, -0.2) is 84.7 Å². The van der Waals surface area contributed by atoms with Crippen LogP contribution in [0.1, 0.15) is 93.3 Å². The molecular weight excluding hydrogens is 1510 g/mol. The van der Waals surface area contributed by atoms with Gasteiger partial charge in [-0.05, 0) is 67.9 Å². The number of nitrogens with zero attached hydrogens (tertiary/aromatic N) is 21. The molecule has 14 heterocycles. The van der Waals surface area contributed by atoms with Gasteiger partial charge >= 0.3 is 5.95 Å². The molecule has 0 radical (unpaired) electrons. The molecule has 0 atom stereocenters. The number of hydrogen-bond donors (Lipinski definition) is 0. The number of Topliss-reactive ketones (excluding diaryl/α,β-unsaturated/α-hetero) is 3. The van der Waals surface area contributed by atoms with Gasteiger partial charge in [-0.3, -0.25) is 14.4 Å². The van der Waals surface area contributed by atoms with E-state index in [0.29, 0.717) is 6.42 Å². The third-order valence-electron chi connectivity index (χ3n) is 14.5. The summed E-state index contributed by atoms with van der Waals surface area (Å²) < 4.78 is 5.31. The van der Waals surface area contributed by atoms with Crippen molar-refractivity contribution in [3.05, 3.63) is 241 Å². The summed E-state index contributed by atoms with van der Waals surface area (Å²) in [7, 11) is 0. The van der Waals surface area contributed by atoms with Crippen LogP contribution in [-0.2, 0) is 16.0 Å². The first-order valence-electron chi connectivity index (χ1n) is 33.4. The first-order chi connectivity index (χ1) is 52.7. The Morgan fingerprint density at radius 3 is 0.982 bits per heavy atom. The maximum Gasteiger partial charge on any atom is 0.371 e. The number of anilines is 1. The molecular formula is C77H71N21O4S7. The molecule has 0 bridgehead atoms. The second-order valence-corrected chi connectivity index (χ2v) is 29.8. The molecule has 16 rings (SSSR count). The van der Waals surface area contributed by atoms with Crippen LogP contribution in [0.2, 0.25) is 0 Å². The van der Waals surface area contributed by atoms with Gasteiger partial charge in [0.1, 0.15) is 46.7 Å². The van der Waals surface area contributed by atoms with Crippen molar-refractivity contribution in [3.8, 4) is 85.4 Å². The average Bonchev–Trinajstić information content (AvgIpc) is 1.87. The maximum absolute atomic E-state index is 11.0. The number of carbonyl (C=O) groups is 3. The zero-order valence-electron chi connectivity index (χ0n) is 61.1. The summed E-state index contributed by atoms with van der Waals surface area (Å²) in [4.78, 5) is 118. The second-order valence-electron chi connectivity index (χ2n) is 23.8. The molecule has 25 nitrogen and oxygen atoms in total. The van der Waals surface area contributed by atoms with Crippen molar-refractivity contribution in [2.45, 2.75) is 82.6 Å². The fourth-order valence-electron chi connectivity index (χ4n) is 9.22. The molecule has 1 saturated heterocycles. The normalized spacial score (nSPS) is 11.2. The Morgan fingerprint density at radius 1 is 0.376 bits per heavy atom. The first kappa shape index (κ1) is 80.1. The molecule has 32 heteroatoms. The summed E-state index contributed by atoms with van der Waals surface area (Å²) in [5, 5.41) is 20.6. The molecule has 2 aromatic carbocycles. The van der Waals surface area contributed by atoms with Crippen molar-refractivity contribution < 1.29 is 19.1 Å². The van der Waals surface area contributed by atoms with Crippen LogP contribution in [0.5, 0.6) is 0 Å². The molecule has 0 N–H and O–H groups in total. The van der Waals surface area contributed by atoms with E-state index < -0.39 is 0 Å². The standard InChI is InChI=1S/C14H11N3S.C13H13NOS.C12H14N4OS.2C10H9N3OS.C9H6N4S.C9H9N3S/c1-10-9-18-14(17-10)12-7-15-13(16-8-12)11-5-3-2-4-6-11;1-9-8-16-13(14-9)12-5-3-11(4-6-12)7-10(2)15;1-9-8-18-11(15-9)10-6-13-12(14-7-10)16-2-4-17-5-3-16;2*1-6-5-15-10(13-6)8-3-11-9(7(2)14)12-4-8;1-6-5-14-8(13-6)7-3-11-9(10-2)12-4-7;1-6-5-13-9(12-6)8-3-10-7(2)11-4-8/h2-9H,1H3;3-6,8H,7H2,1-2H3;6-8H,2-5H2,1H3;2*3-5H,1-2H3;3-5H,1H3;3-5H,1-2H3. The average molecular weight is 1580 g/mol. The van der Waals surface area contributed by atoms with Crippen LogP contribution in [0.3, 0.4) is 0 Å². The lowest BCUT2D eigenvalue weighted by molar-refractivity contribution is -0.116. The molecule has 0 saturated carbocycles. The van der Waals surface area contributed by atoms with Gasteiger partial charge in [-0.1, -0.05) is 54.6 Å². The summed E-state index contributed by atoms with van der Waals surface area (Å²) in [5.74, 6) is 2.90. The van der Waals surface area contributed by atoms with E-state index in [1.807, 2.05) is 172 Å². The highest BCUT2D eigenvalue weighted by Gasteiger charge is 2.16. The van der Waals surface area contributed by atoms with E-state index in [9.17, 15) is 14.4 Å². The Morgan fingerprint density at radius 2 is 0.679 bits per heavy atom. The highest BCUT2D eigenvalue weighted by Crippen LogP contribution is 2.29. The SMILES string of the molecule is CC(=O)Cc1ccc(-c2nc(C)cs2)cc1.CC(=O)c1ncc(-c2nc(C)cs2)cn1.CC(=O)c1ncc(-c2nc(C)cs2)cn1.Cc1csc(-c2cnc(-c3ccccc3)nc2)n1.Cc1csc(-c2cnc(C)nc2)n1.Cc1csc(-c2cnc(N3CCOCC3)nc2)n1.[C-]#[N+]c1ncc(-c2nc(C)cs2)cn1. The fraction of sp³-hybridized carbons (Fsp3) is 0.208. The van der Waals surface area contributed by atoms with Crippen molar-refractivity contribution in [3.63, 3.8) is 0 Å². The number of aromatic nitrogens is 19. The van der Waals surface area contributed by atoms with E-state index in [1.165, 1.54) is 13.8 Å². The van der Waals surface area contributed by atoms with Crippen LogP contribution in [0, 0.1) is 62.0 Å². The second kappa shape index (κ2) is 40.0. The van der Waals surface area contributed by atoms with Gasteiger partial charge in [0.15, 0.2) is 29.0 Å². The predicted octanol–water partition coefficient (Wildman–Crippen LogP) is 17.5. The summed E-state index contributed by atoms with van der Waals surface area (Å²) in [6, 6.07) is 18.0. The fourth-order valence-corrected chi connectivity index (χ4v) is 14.7. The monoisotopic (exact) mass is 1580 g/mol. The van der Waals surface area contributed by atoms with E-state index in [0.717, 1.165) is 169 Å². The zero-order chi connectivity index (χ0) is 77.2. The predicted molar refractivity (Wildman–Crippen MR) is 433 cm³/mol. The Balaban J connectivity index is 0.000000136. The van der Waals surface area contributed by atoms with Gasteiger partial charge in [0.05, 0.1) is 31.2 Å². The summed E-state index contributed by atoms with van der Waals surface area (Å²) in [5.41, 5.74) is 15.8. The number of benzene rings is 2. The zero-order valence-corrected chi connectivity index (χ0v) is 66.8. The minimum atomic E-state index is -0.128. The van der Waals surface area contributed by atoms with Crippen molar-refractivity contribution in [1.29, 1.82) is 0 Å². The molecule has 0 unspecified atom stereocenters. The summed E-state index contributed by atoms with van der Waals surface area (Å²) in [6.45, 7) is 30.0. The Bertz CT molecular complexity index is 5330. The van der Waals surface area contributed by atoms with Gasteiger partial charge < -0.3 is 14.5 Å². The van der Waals surface area contributed by atoms with Crippen LogP contribution in [-0.4, -0.2) is 138 Å². The van der Waals surface area contributed by atoms with Crippen LogP contribution in [0.25, 0.3) is 90.2 Å². The number of morpholine rings is 1. The number of hydrogen-bond acceptors (Lipinski definition) is 31. The smallest absolute Gasteiger partial charge is 0.371 e. The lowest BCUT2D eigenvalue weighted by atomic mass is 10.1. The number of thiazole rings is 7. The molecule has 1 aliphatic rings. The summed E-state index contributed by atoms with van der Waals surface area (Å²) >= 11 is 11.1. The Labute approximate surface area is 657 Å². The van der Waals surface area contributed by atoms with E-state index in [2.05, 4.69) is 104 Å². The third-order valence-corrected chi connectivity index (χ3v) is 21.6. The number of ketones is 3. The molecule has 0 spiro atoms. The van der Waals surface area contributed by atoms with E-state index >= 15 is 0 Å². The highest BCUT2D eigenvalue weighted by molar-refractivity contribution is 7.15. The van der Waals surface area contributed by atoms with Crippen LogP contribution in [0.15, 0.2) is 167 Å². The van der Waals surface area contributed by atoms with E-state index in [1.54, 1.807) is 136 Å². The molecule has 0 aliphatic carbocycles. The lowest BCUT2D eigenvalue weighted by Gasteiger charge is -2.26. The minimum Gasteiger partial charge on any atom is -0.394 e. The van der Waals surface area contributed by atoms with Gasteiger partial charge in [-0.2, -0.15) is 9.97 Å². The highest BCUT2D eigenvalue weighted by atomic mass is 32.1. The molecule has 550 valence electrons. The lowest BCUT2D eigenvalue weighted by Crippen LogP contribution is -2.37. The number of carbonyl (C=O) groups excluding carboxylic acids is 3. The van der Waals surface area contributed by atoms with Gasteiger partial charge in [0.25, 0.3) is 0 Å². The Kier molecular flexibility index (Phi) is 29.4. The topological polar surface area (TPSA) is 313 Å². The maximum atomic E-state index is 11.0. The van der Waals surface area contributed by atoms with E-state index in [4.69, 9.17) is 11.3 Å². The van der Waals surface area contributed by atoms with Gasteiger partial charge in [-0.15, -0.1) is 85.9 Å². The number of aryl methyl sites for hydroxylation is 8. The van der Waals surface area contributed by atoms with Crippen LogP contribution < -0.4 is 4.90 Å². The van der Waals surface area contributed by atoms with Crippen LogP contribution in [0.4, 0.5) is 11.9 Å². The van der Waals surface area contributed by atoms with Gasteiger partial charge in [0.2, 0.25) is 5.95 Å². The quantitative estimate of drug-likeness (QED) is 0.0764. The van der Waals surface area contributed by atoms with Crippen molar-refractivity contribution in [2.24, 2.45) is 0 Å². The van der Waals surface area contributed by atoms with Gasteiger partial charge in [0, 0.05) is 212 Å². The van der Waals surface area contributed by atoms with Crippen molar-refractivity contribution >= 4 is 109 Å². The minimum absolute atomic E-state index is 0.128. The number of ether oxygens (including phenoxy) is 1. The van der Waals surface area contributed by atoms with Crippen molar-refractivity contribution in [1.82, 2.24) is 94.7 Å². The number of rotatable bonds is 13. The molecule has 13 aromatic heterocycles. The Hall–Kier alpha value is -11.4. The molecule has 15 aromatic rings. The largest absolute Gasteiger partial charge is 0.394 e. The van der Waals surface area contributed by atoms with Crippen LogP contribution >= 0.6 is 79.4 Å². The first-order valence-corrected chi connectivity index (χ1v) is 39.6. The van der Waals surface area contributed by atoms with Crippen molar-refractivity contribution in [2.75, 3.05) is 31.2 Å². The summed E-state index contributed by atoms with van der Waals surface area (Å²) in [6.07, 6.45) is 21.2. The molecule has 0 amide bonds. The van der Waals surface area contributed by atoms with E-state index in [-0.39, 0.29) is 34.9 Å². The molecule has 109 heavy (non-hydrogen) atoms. The third kappa shape index (κ3) is 24.6. The molecule has 1 fully saturated rings. The molecule has 1 aliphatic heterocycles.